The normalized spacial score (nSPS) is 17.7. The molecule has 2 aliphatic rings. The molecular formula is C22H31FN2O4S. The number of hydrogen-bond acceptors (Lipinski definition) is 4. The number of unbranched alkanes of at least 4 members (excludes halogenated alkanes) is 3. The Balaban J connectivity index is 1.42. The maximum atomic E-state index is 13.0. The molecule has 0 unspecified atom stereocenters. The molecule has 0 N–H and O–H groups in total. The van der Waals surface area contributed by atoms with E-state index < -0.39 is 16.7 Å². The van der Waals surface area contributed by atoms with Gasteiger partial charge in [0.15, 0.2) is 0 Å². The molecule has 1 saturated carbocycles. The number of halogens is 1. The van der Waals surface area contributed by atoms with Crippen molar-refractivity contribution in [2.24, 2.45) is 0 Å². The smallest absolute Gasteiger partial charge is 0.261 e. The van der Waals surface area contributed by atoms with Crippen LogP contribution in [0, 0.1) is 0 Å². The number of nitrogens with zero attached hydrogens (tertiary/aromatic N) is 2. The first-order chi connectivity index (χ1) is 14.5. The lowest BCUT2D eigenvalue weighted by molar-refractivity contribution is 0.0651. The van der Waals surface area contributed by atoms with E-state index in [-0.39, 0.29) is 23.6 Å². The summed E-state index contributed by atoms with van der Waals surface area (Å²) in [5.41, 5.74) is 0.912. The van der Waals surface area contributed by atoms with Crippen LogP contribution >= 0.6 is 0 Å². The van der Waals surface area contributed by atoms with Gasteiger partial charge in [-0.05, 0) is 37.8 Å². The van der Waals surface area contributed by atoms with E-state index in [4.69, 9.17) is 0 Å². The average molecular weight is 439 g/mol. The standard InChI is InChI=1S/C22H31FN2O4S/c23-14-17-24(30(28,29)18-10-4-3-5-11-18)15-8-1-2-9-16-25-21(26)19-12-6-7-13-20(19)22(25)27/h6-7,12-13,18H,1-5,8-11,14-17H2. The lowest BCUT2D eigenvalue weighted by Crippen LogP contribution is -2.41. The zero-order valence-electron chi connectivity index (χ0n) is 17.4. The molecule has 0 aromatic heterocycles. The Bertz CT molecular complexity index is 817. The summed E-state index contributed by atoms with van der Waals surface area (Å²) < 4.78 is 39.9. The van der Waals surface area contributed by atoms with Gasteiger partial charge in [0, 0.05) is 19.6 Å². The fraction of sp³-hybridized carbons (Fsp3) is 0.636. The highest BCUT2D eigenvalue weighted by Gasteiger charge is 2.34. The van der Waals surface area contributed by atoms with E-state index in [1.165, 1.54) is 9.21 Å². The Morgan fingerprint density at radius 3 is 2.10 bits per heavy atom. The van der Waals surface area contributed by atoms with Crippen molar-refractivity contribution < 1.29 is 22.4 Å². The van der Waals surface area contributed by atoms with Gasteiger partial charge in [-0.15, -0.1) is 0 Å². The summed E-state index contributed by atoms with van der Waals surface area (Å²) in [6.45, 7) is -0.0593. The molecule has 1 aliphatic heterocycles. The van der Waals surface area contributed by atoms with Crippen molar-refractivity contribution in [3.05, 3.63) is 35.4 Å². The van der Waals surface area contributed by atoms with E-state index >= 15 is 0 Å². The number of alkyl halides is 1. The summed E-state index contributed by atoms with van der Waals surface area (Å²) in [6.07, 6.45) is 7.12. The van der Waals surface area contributed by atoms with E-state index in [9.17, 15) is 22.4 Å². The number of imide groups is 1. The van der Waals surface area contributed by atoms with Crippen molar-refractivity contribution in [3.63, 3.8) is 0 Å². The van der Waals surface area contributed by atoms with Gasteiger partial charge in [0.1, 0.15) is 6.67 Å². The quantitative estimate of drug-likeness (QED) is 0.389. The minimum absolute atomic E-state index is 0.0755. The minimum Gasteiger partial charge on any atom is -0.274 e. The summed E-state index contributed by atoms with van der Waals surface area (Å²) in [7, 11) is -3.44. The molecule has 2 amide bonds. The van der Waals surface area contributed by atoms with Crippen LogP contribution < -0.4 is 0 Å². The molecule has 0 spiro atoms. The Kier molecular flexibility index (Phi) is 7.99. The van der Waals surface area contributed by atoms with Gasteiger partial charge in [-0.2, -0.15) is 4.31 Å². The van der Waals surface area contributed by atoms with E-state index in [0.717, 1.165) is 32.1 Å². The van der Waals surface area contributed by atoms with Crippen LogP contribution in [0.25, 0.3) is 0 Å². The number of fused-ring (bicyclic) bond motifs is 1. The maximum absolute atomic E-state index is 13.0. The number of hydrogen-bond donors (Lipinski definition) is 0. The van der Waals surface area contributed by atoms with Crippen molar-refractivity contribution in [1.29, 1.82) is 0 Å². The zero-order valence-corrected chi connectivity index (χ0v) is 18.2. The van der Waals surface area contributed by atoms with Crippen molar-refractivity contribution in [2.45, 2.75) is 63.0 Å². The molecular weight excluding hydrogens is 407 g/mol. The molecule has 8 heteroatoms. The molecule has 0 radical (unpaired) electrons. The second-order valence-corrected chi connectivity index (χ2v) is 10.3. The molecule has 1 fully saturated rings. The van der Waals surface area contributed by atoms with Gasteiger partial charge in [0.05, 0.1) is 16.4 Å². The summed E-state index contributed by atoms with van der Waals surface area (Å²) in [4.78, 5) is 26.0. The largest absolute Gasteiger partial charge is 0.274 e. The molecule has 1 aromatic carbocycles. The fourth-order valence-electron chi connectivity index (χ4n) is 4.39. The van der Waals surface area contributed by atoms with E-state index in [1.54, 1.807) is 24.3 Å². The number of benzene rings is 1. The highest BCUT2D eigenvalue weighted by atomic mass is 32.2. The van der Waals surface area contributed by atoms with Crippen LogP contribution in [0.15, 0.2) is 24.3 Å². The van der Waals surface area contributed by atoms with Crippen LogP contribution in [0.1, 0.15) is 78.5 Å². The van der Waals surface area contributed by atoms with E-state index in [0.29, 0.717) is 49.9 Å². The number of carbonyl (C=O) groups excluding carboxylic acids is 2. The van der Waals surface area contributed by atoms with Gasteiger partial charge in [-0.25, -0.2) is 12.8 Å². The van der Waals surface area contributed by atoms with Crippen molar-refractivity contribution in [2.75, 3.05) is 26.3 Å². The Morgan fingerprint density at radius 2 is 1.50 bits per heavy atom. The maximum Gasteiger partial charge on any atom is 0.261 e. The highest BCUT2D eigenvalue weighted by molar-refractivity contribution is 7.89. The molecule has 1 aromatic rings. The molecule has 0 atom stereocenters. The summed E-state index contributed by atoms with van der Waals surface area (Å²) in [6, 6.07) is 6.83. The van der Waals surface area contributed by atoms with Crippen molar-refractivity contribution >= 4 is 21.8 Å². The zero-order chi connectivity index (χ0) is 21.6. The van der Waals surface area contributed by atoms with E-state index in [2.05, 4.69) is 0 Å². The van der Waals surface area contributed by atoms with Gasteiger partial charge in [0.25, 0.3) is 11.8 Å². The summed E-state index contributed by atoms with van der Waals surface area (Å²) in [5, 5.41) is -0.369. The lowest BCUT2D eigenvalue weighted by atomic mass is 10.0. The van der Waals surface area contributed by atoms with Gasteiger partial charge in [-0.3, -0.25) is 14.5 Å². The third-order valence-corrected chi connectivity index (χ3v) is 8.48. The molecule has 0 saturated heterocycles. The Hall–Kier alpha value is -1.80. The fourth-order valence-corrected chi connectivity index (χ4v) is 6.45. The van der Waals surface area contributed by atoms with Crippen LogP contribution in [0.5, 0.6) is 0 Å². The summed E-state index contributed by atoms with van der Waals surface area (Å²) in [5.74, 6) is -0.494. The molecule has 6 nitrogen and oxygen atoms in total. The molecule has 166 valence electrons. The average Bonchev–Trinajstić information content (AvgIpc) is 3.00. The highest BCUT2D eigenvalue weighted by Crippen LogP contribution is 2.26. The SMILES string of the molecule is O=C1c2ccccc2C(=O)N1CCCCCCN(CCF)S(=O)(=O)C1CCCCC1. The van der Waals surface area contributed by atoms with Gasteiger partial charge >= 0.3 is 0 Å². The first-order valence-corrected chi connectivity index (χ1v) is 12.5. The number of rotatable bonds is 11. The Labute approximate surface area is 178 Å². The predicted octanol–water partition coefficient (Wildman–Crippen LogP) is 3.78. The second kappa shape index (κ2) is 10.5. The van der Waals surface area contributed by atoms with Gasteiger partial charge in [0.2, 0.25) is 10.0 Å². The first kappa shape index (κ1) is 22.9. The topological polar surface area (TPSA) is 74.8 Å². The van der Waals surface area contributed by atoms with E-state index in [1.807, 2.05) is 0 Å². The van der Waals surface area contributed by atoms with Crippen molar-refractivity contribution in [3.8, 4) is 0 Å². The van der Waals surface area contributed by atoms with Crippen LogP contribution in [0.3, 0.4) is 0 Å². The Morgan fingerprint density at radius 1 is 0.900 bits per heavy atom. The monoisotopic (exact) mass is 438 g/mol. The lowest BCUT2D eigenvalue weighted by Gasteiger charge is -2.29. The predicted molar refractivity (Wildman–Crippen MR) is 114 cm³/mol. The van der Waals surface area contributed by atoms with Crippen LogP contribution in [0.2, 0.25) is 0 Å². The molecule has 3 rings (SSSR count). The first-order valence-electron chi connectivity index (χ1n) is 11.0. The molecule has 30 heavy (non-hydrogen) atoms. The van der Waals surface area contributed by atoms with Crippen LogP contribution in [0.4, 0.5) is 4.39 Å². The van der Waals surface area contributed by atoms with Crippen LogP contribution in [-0.4, -0.2) is 61.0 Å². The van der Waals surface area contributed by atoms with Crippen LogP contribution in [-0.2, 0) is 10.0 Å². The second-order valence-electron chi connectivity index (χ2n) is 8.11. The third kappa shape index (κ3) is 5.09. The van der Waals surface area contributed by atoms with Gasteiger partial charge < -0.3 is 0 Å². The summed E-state index contributed by atoms with van der Waals surface area (Å²) >= 11 is 0. The molecule has 0 bridgehead atoms. The number of amides is 2. The molecule has 1 heterocycles. The minimum atomic E-state index is -3.44. The molecule has 1 aliphatic carbocycles. The number of sulfonamides is 1. The van der Waals surface area contributed by atoms with Crippen molar-refractivity contribution in [1.82, 2.24) is 9.21 Å². The third-order valence-electron chi connectivity index (χ3n) is 6.08. The van der Waals surface area contributed by atoms with Gasteiger partial charge in [-0.1, -0.05) is 44.2 Å². The number of carbonyl (C=O) groups is 2.